The number of benzene rings is 1. The lowest BCUT2D eigenvalue weighted by Gasteiger charge is -2.08. The van der Waals surface area contributed by atoms with E-state index in [9.17, 15) is 0 Å². The summed E-state index contributed by atoms with van der Waals surface area (Å²) in [7, 11) is 0. The van der Waals surface area contributed by atoms with Crippen molar-refractivity contribution >= 4 is 11.9 Å². The van der Waals surface area contributed by atoms with Gasteiger partial charge in [-0.25, -0.2) is 0 Å². The van der Waals surface area contributed by atoms with E-state index in [1.807, 2.05) is 18.3 Å². The molecular formula is C8H6NS. The summed E-state index contributed by atoms with van der Waals surface area (Å²) < 4.78 is 3.02. The summed E-state index contributed by atoms with van der Waals surface area (Å²) in [4.78, 5) is 1.24. The molecule has 0 aliphatic carbocycles. The van der Waals surface area contributed by atoms with Gasteiger partial charge in [0.05, 0.1) is 0 Å². The molecule has 1 heterocycles. The molecule has 0 bridgehead atoms. The predicted molar refractivity (Wildman–Crippen MR) is 42.3 cm³/mol. The molecular weight excluding hydrogens is 142 g/mol. The van der Waals surface area contributed by atoms with E-state index in [2.05, 4.69) is 22.9 Å². The van der Waals surface area contributed by atoms with Crippen molar-refractivity contribution in [2.45, 2.75) is 4.90 Å². The van der Waals surface area contributed by atoms with Crippen LogP contribution in [0.1, 0.15) is 5.56 Å². The van der Waals surface area contributed by atoms with Gasteiger partial charge in [-0.15, -0.1) is 0 Å². The van der Waals surface area contributed by atoms with Gasteiger partial charge in [0.2, 0.25) is 0 Å². The van der Waals surface area contributed by atoms with Gasteiger partial charge in [0.15, 0.2) is 0 Å². The quantitative estimate of drug-likeness (QED) is 0.564. The van der Waals surface area contributed by atoms with E-state index in [1.54, 1.807) is 11.9 Å². The summed E-state index contributed by atoms with van der Waals surface area (Å²) in [5.74, 6) is 0. The fraction of sp³-hybridized carbons (Fsp3) is 0. The van der Waals surface area contributed by atoms with Crippen molar-refractivity contribution in [1.29, 1.82) is 0 Å². The third-order valence-electron chi connectivity index (χ3n) is 1.34. The van der Waals surface area contributed by atoms with E-state index in [0.29, 0.717) is 0 Å². The Labute approximate surface area is 64.3 Å². The maximum absolute atomic E-state index is 3.11. The predicted octanol–water partition coefficient (Wildman–Crippen LogP) is 1.96. The lowest BCUT2D eigenvalue weighted by molar-refractivity contribution is 1.26. The highest BCUT2D eigenvalue weighted by Crippen LogP contribution is 2.22. The van der Waals surface area contributed by atoms with Crippen molar-refractivity contribution in [1.82, 2.24) is 4.72 Å². The summed E-state index contributed by atoms with van der Waals surface area (Å²) in [6, 6.07) is 8.18. The van der Waals surface area contributed by atoms with Gasteiger partial charge in [-0.3, -0.25) is 0 Å². The topological polar surface area (TPSA) is 12.0 Å². The van der Waals surface area contributed by atoms with Crippen molar-refractivity contribution in [3.8, 4) is 0 Å². The average Bonchev–Trinajstić information content (AvgIpc) is 2.05. The zero-order valence-electron chi connectivity index (χ0n) is 5.29. The lowest BCUT2D eigenvalue weighted by atomic mass is 10.2. The molecule has 0 saturated heterocycles. The molecule has 10 heavy (non-hydrogen) atoms. The fourth-order valence-electron chi connectivity index (χ4n) is 0.875. The van der Waals surface area contributed by atoms with Crippen LogP contribution in [0.25, 0.3) is 0 Å². The van der Waals surface area contributed by atoms with E-state index in [0.717, 1.165) is 0 Å². The molecule has 0 unspecified atom stereocenters. The minimum atomic E-state index is 1.17. The van der Waals surface area contributed by atoms with Crippen LogP contribution in [0.15, 0.2) is 35.4 Å². The van der Waals surface area contributed by atoms with Crippen LogP contribution in [-0.4, -0.2) is 0 Å². The van der Waals surface area contributed by atoms with Crippen molar-refractivity contribution in [3.05, 3.63) is 42.1 Å². The summed E-state index contributed by atoms with van der Waals surface area (Å²) >= 11 is 1.62. The highest BCUT2D eigenvalue weighted by atomic mass is 32.2. The maximum atomic E-state index is 3.11. The SMILES string of the molecule is [C]1=CNSc2ccccc21. The molecule has 1 nitrogen and oxygen atoms in total. The Morgan fingerprint density at radius 1 is 1.30 bits per heavy atom. The van der Waals surface area contributed by atoms with Gasteiger partial charge in [-0.2, -0.15) is 0 Å². The molecule has 1 aromatic rings. The first kappa shape index (κ1) is 5.86. The highest BCUT2D eigenvalue weighted by Gasteiger charge is 2.01. The standard InChI is InChI=1S/C8H6NS/c1-2-4-8-7(3-1)5-6-9-10-8/h1-4,6,9H. The second-order valence-electron chi connectivity index (χ2n) is 2.00. The highest BCUT2D eigenvalue weighted by molar-refractivity contribution is 7.97. The second kappa shape index (κ2) is 2.39. The minimum Gasteiger partial charge on any atom is -0.332 e. The van der Waals surface area contributed by atoms with Crippen LogP contribution >= 0.6 is 11.9 Å². The van der Waals surface area contributed by atoms with E-state index in [-0.39, 0.29) is 0 Å². The van der Waals surface area contributed by atoms with Gasteiger partial charge in [0.25, 0.3) is 0 Å². The largest absolute Gasteiger partial charge is 0.332 e. The van der Waals surface area contributed by atoms with E-state index in [1.165, 1.54) is 10.5 Å². The Kier molecular flexibility index (Phi) is 1.40. The van der Waals surface area contributed by atoms with E-state index in [4.69, 9.17) is 0 Å². The van der Waals surface area contributed by atoms with Crippen LogP contribution < -0.4 is 4.72 Å². The Hall–Kier alpha value is -0.890. The average molecular weight is 148 g/mol. The van der Waals surface area contributed by atoms with Crippen LogP contribution in [-0.2, 0) is 0 Å². The number of rotatable bonds is 0. The van der Waals surface area contributed by atoms with E-state index < -0.39 is 0 Å². The molecule has 1 aliphatic heterocycles. The molecule has 0 atom stereocenters. The first-order chi connectivity index (χ1) is 4.97. The summed E-state index contributed by atoms with van der Waals surface area (Å²) in [5, 5.41) is 0. The van der Waals surface area contributed by atoms with Gasteiger partial charge in [0.1, 0.15) is 0 Å². The Balaban J connectivity index is 2.54. The Morgan fingerprint density at radius 3 is 3.10 bits per heavy atom. The zero-order chi connectivity index (χ0) is 6.81. The van der Waals surface area contributed by atoms with Gasteiger partial charge < -0.3 is 4.72 Å². The summed E-state index contributed by atoms with van der Waals surface area (Å²) in [6.07, 6.45) is 4.93. The van der Waals surface area contributed by atoms with Crippen LogP contribution in [0, 0.1) is 6.08 Å². The number of hydrogen-bond donors (Lipinski definition) is 1. The molecule has 0 spiro atoms. The lowest BCUT2D eigenvalue weighted by Crippen LogP contribution is -1.97. The maximum Gasteiger partial charge on any atom is 0.0363 e. The molecule has 0 saturated carbocycles. The monoisotopic (exact) mass is 148 g/mol. The van der Waals surface area contributed by atoms with Gasteiger partial charge in [0, 0.05) is 17.2 Å². The third kappa shape index (κ3) is 0.907. The number of nitrogens with one attached hydrogen (secondary N) is 1. The van der Waals surface area contributed by atoms with Gasteiger partial charge in [-0.1, -0.05) is 18.2 Å². The molecule has 0 fully saturated rings. The number of fused-ring (bicyclic) bond motifs is 1. The van der Waals surface area contributed by atoms with Gasteiger partial charge in [-0.05, 0) is 23.6 Å². The number of hydrogen-bond acceptors (Lipinski definition) is 2. The minimum absolute atomic E-state index is 1.17. The molecule has 1 aromatic carbocycles. The molecule has 0 aromatic heterocycles. The Morgan fingerprint density at radius 2 is 2.20 bits per heavy atom. The molecule has 1 N–H and O–H groups in total. The summed E-state index contributed by atoms with van der Waals surface area (Å²) in [6.45, 7) is 0. The fourth-order valence-corrected chi connectivity index (χ4v) is 1.50. The third-order valence-corrected chi connectivity index (χ3v) is 2.15. The molecule has 1 aliphatic rings. The second-order valence-corrected chi connectivity index (χ2v) is 2.88. The zero-order valence-corrected chi connectivity index (χ0v) is 6.11. The molecule has 49 valence electrons. The van der Waals surface area contributed by atoms with Crippen molar-refractivity contribution in [3.63, 3.8) is 0 Å². The van der Waals surface area contributed by atoms with Gasteiger partial charge >= 0.3 is 0 Å². The van der Waals surface area contributed by atoms with Crippen LogP contribution in [0.2, 0.25) is 0 Å². The summed E-state index contributed by atoms with van der Waals surface area (Å²) in [5.41, 5.74) is 1.17. The first-order valence-electron chi connectivity index (χ1n) is 3.06. The van der Waals surface area contributed by atoms with Crippen molar-refractivity contribution < 1.29 is 0 Å². The van der Waals surface area contributed by atoms with E-state index >= 15 is 0 Å². The molecule has 2 rings (SSSR count). The van der Waals surface area contributed by atoms with Crippen LogP contribution in [0.3, 0.4) is 0 Å². The Bertz CT molecular complexity index is 268. The smallest absolute Gasteiger partial charge is 0.0363 e. The van der Waals surface area contributed by atoms with Crippen molar-refractivity contribution in [2.75, 3.05) is 0 Å². The molecule has 0 amide bonds. The molecule has 1 radical (unpaired) electrons. The van der Waals surface area contributed by atoms with Crippen LogP contribution in [0.4, 0.5) is 0 Å². The molecule has 2 heteroatoms. The van der Waals surface area contributed by atoms with Crippen molar-refractivity contribution in [2.24, 2.45) is 0 Å². The van der Waals surface area contributed by atoms with Crippen LogP contribution in [0.5, 0.6) is 0 Å². The first-order valence-corrected chi connectivity index (χ1v) is 3.88. The normalized spacial score (nSPS) is 14.0.